The SMILES string of the molecule is Cc1oc(N=Cc2ccc3c(c2)OCO3)c(C#N)c1C. The van der Waals surface area contributed by atoms with E-state index in [1.165, 1.54) is 0 Å². The molecule has 0 saturated heterocycles. The Kier molecular flexibility index (Phi) is 2.92. The van der Waals surface area contributed by atoms with Gasteiger partial charge in [0, 0.05) is 11.8 Å². The molecule has 0 atom stereocenters. The molecule has 5 heteroatoms. The monoisotopic (exact) mass is 268 g/mol. The molecule has 0 amide bonds. The third-order valence-corrected chi connectivity index (χ3v) is 3.21. The van der Waals surface area contributed by atoms with Crippen LogP contribution in [0.3, 0.4) is 0 Å². The van der Waals surface area contributed by atoms with Crippen molar-refractivity contribution in [1.82, 2.24) is 0 Å². The van der Waals surface area contributed by atoms with Crippen molar-refractivity contribution in [1.29, 1.82) is 5.26 Å². The molecule has 0 aliphatic carbocycles. The summed E-state index contributed by atoms with van der Waals surface area (Å²) in [6, 6.07) is 7.64. The highest BCUT2D eigenvalue weighted by molar-refractivity contribution is 5.83. The van der Waals surface area contributed by atoms with Crippen LogP contribution in [-0.2, 0) is 0 Å². The smallest absolute Gasteiger partial charge is 0.237 e. The van der Waals surface area contributed by atoms with E-state index in [1.54, 1.807) is 6.21 Å². The van der Waals surface area contributed by atoms with Gasteiger partial charge in [0.2, 0.25) is 12.7 Å². The fourth-order valence-electron chi connectivity index (χ4n) is 1.96. The summed E-state index contributed by atoms with van der Waals surface area (Å²) < 4.78 is 16.0. The van der Waals surface area contributed by atoms with Crippen LogP contribution in [0.2, 0.25) is 0 Å². The van der Waals surface area contributed by atoms with Crippen LogP contribution in [0, 0.1) is 25.2 Å². The standard InChI is InChI=1S/C15H12N2O3/c1-9-10(2)20-15(12(9)6-16)17-7-11-3-4-13-14(5-11)19-8-18-13/h3-5,7H,8H2,1-2H3. The first kappa shape index (κ1) is 12.3. The summed E-state index contributed by atoms with van der Waals surface area (Å²) in [6.45, 7) is 3.90. The molecule has 0 bridgehead atoms. The Morgan fingerprint density at radius 2 is 2.05 bits per heavy atom. The van der Waals surface area contributed by atoms with E-state index in [9.17, 15) is 0 Å². The number of ether oxygens (including phenoxy) is 2. The van der Waals surface area contributed by atoms with Crippen LogP contribution in [0.15, 0.2) is 27.6 Å². The van der Waals surface area contributed by atoms with Gasteiger partial charge in [-0.1, -0.05) is 0 Å². The lowest BCUT2D eigenvalue weighted by molar-refractivity contribution is 0.174. The minimum absolute atomic E-state index is 0.241. The van der Waals surface area contributed by atoms with Gasteiger partial charge in [-0.2, -0.15) is 5.26 Å². The molecule has 20 heavy (non-hydrogen) atoms. The maximum Gasteiger partial charge on any atom is 0.237 e. The second kappa shape index (κ2) is 4.74. The first-order valence-electron chi connectivity index (χ1n) is 6.13. The largest absolute Gasteiger partial charge is 0.454 e. The number of hydrogen-bond acceptors (Lipinski definition) is 5. The van der Waals surface area contributed by atoms with Crippen molar-refractivity contribution in [3.63, 3.8) is 0 Å². The van der Waals surface area contributed by atoms with Gasteiger partial charge in [-0.3, -0.25) is 0 Å². The zero-order chi connectivity index (χ0) is 14.1. The van der Waals surface area contributed by atoms with Crippen LogP contribution in [0.1, 0.15) is 22.5 Å². The van der Waals surface area contributed by atoms with Gasteiger partial charge in [0.25, 0.3) is 0 Å². The number of benzene rings is 1. The lowest BCUT2D eigenvalue weighted by Gasteiger charge is -1.96. The average molecular weight is 268 g/mol. The maximum atomic E-state index is 9.12. The van der Waals surface area contributed by atoms with Crippen LogP contribution in [0.25, 0.3) is 0 Å². The van der Waals surface area contributed by atoms with Gasteiger partial charge in [-0.15, -0.1) is 0 Å². The third kappa shape index (κ3) is 2.01. The summed E-state index contributed by atoms with van der Waals surface area (Å²) in [5, 5.41) is 9.12. The van der Waals surface area contributed by atoms with Gasteiger partial charge < -0.3 is 13.9 Å². The molecule has 0 unspecified atom stereocenters. The van der Waals surface area contributed by atoms with E-state index in [2.05, 4.69) is 11.1 Å². The molecule has 2 heterocycles. The van der Waals surface area contributed by atoms with Crippen LogP contribution in [-0.4, -0.2) is 13.0 Å². The van der Waals surface area contributed by atoms with E-state index in [0.717, 1.165) is 16.9 Å². The van der Waals surface area contributed by atoms with Gasteiger partial charge in [0.1, 0.15) is 17.4 Å². The van der Waals surface area contributed by atoms with Crippen molar-refractivity contribution in [2.75, 3.05) is 6.79 Å². The average Bonchev–Trinajstić information content (AvgIpc) is 3.01. The minimum Gasteiger partial charge on any atom is -0.454 e. The van der Waals surface area contributed by atoms with Gasteiger partial charge >= 0.3 is 0 Å². The van der Waals surface area contributed by atoms with E-state index in [0.29, 0.717) is 23.0 Å². The fraction of sp³-hybridized carbons (Fsp3) is 0.200. The summed E-state index contributed by atoms with van der Waals surface area (Å²) in [6.07, 6.45) is 1.64. The number of aryl methyl sites for hydroxylation is 1. The number of rotatable bonds is 2. The molecule has 1 aliphatic heterocycles. The van der Waals surface area contributed by atoms with E-state index >= 15 is 0 Å². The normalized spacial score (nSPS) is 12.8. The maximum absolute atomic E-state index is 9.12. The topological polar surface area (TPSA) is 67.8 Å². The molecular weight excluding hydrogens is 256 g/mol. The number of nitrogens with zero attached hydrogens (tertiary/aromatic N) is 2. The van der Waals surface area contributed by atoms with Crippen molar-refractivity contribution in [3.05, 3.63) is 40.6 Å². The second-order valence-corrected chi connectivity index (χ2v) is 4.45. The van der Waals surface area contributed by atoms with Crippen LogP contribution in [0.4, 0.5) is 5.88 Å². The van der Waals surface area contributed by atoms with Crippen LogP contribution in [0.5, 0.6) is 11.5 Å². The zero-order valence-corrected chi connectivity index (χ0v) is 11.1. The molecular formula is C15H12N2O3. The highest BCUT2D eigenvalue weighted by atomic mass is 16.7. The molecule has 5 nitrogen and oxygen atoms in total. The quantitative estimate of drug-likeness (QED) is 0.784. The molecule has 2 aromatic rings. The van der Waals surface area contributed by atoms with Crippen molar-refractivity contribution < 1.29 is 13.9 Å². The molecule has 0 saturated carbocycles. The molecule has 1 aromatic carbocycles. The van der Waals surface area contributed by atoms with E-state index in [4.69, 9.17) is 19.2 Å². The Balaban J connectivity index is 1.91. The van der Waals surface area contributed by atoms with Crippen LogP contribution < -0.4 is 9.47 Å². The number of furan rings is 1. The molecule has 0 radical (unpaired) electrons. The Morgan fingerprint density at radius 3 is 2.85 bits per heavy atom. The number of nitriles is 1. The Bertz CT molecular complexity index is 738. The lowest BCUT2D eigenvalue weighted by Crippen LogP contribution is -1.92. The number of fused-ring (bicyclic) bond motifs is 1. The van der Waals surface area contributed by atoms with Crippen molar-refractivity contribution >= 4 is 12.1 Å². The number of hydrogen-bond donors (Lipinski definition) is 0. The third-order valence-electron chi connectivity index (χ3n) is 3.21. The van der Waals surface area contributed by atoms with Crippen molar-refractivity contribution in [2.24, 2.45) is 4.99 Å². The summed E-state index contributed by atoms with van der Waals surface area (Å²) in [7, 11) is 0. The van der Waals surface area contributed by atoms with Gasteiger partial charge in [0.15, 0.2) is 11.5 Å². The molecule has 1 aliphatic rings. The van der Waals surface area contributed by atoms with Crippen LogP contribution >= 0.6 is 0 Å². The van der Waals surface area contributed by atoms with Crippen molar-refractivity contribution in [2.45, 2.75) is 13.8 Å². The number of aliphatic imine (C=N–C) groups is 1. The molecule has 1 aromatic heterocycles. The molecule has 0 fully saturated rings. The predicted molar refractivity (Wildman–Crippen MR) is 72.7 cm³/mol. The summed E-state index contributed by atoms with van der Waals surface area (Å²) in [5.41, 5.74) is 2.15. The van der Waals surface area contributed by atoms with E-state index < -0.39 is 0 Å². The van der Waals surface area contributed by atoms with Gasteiger partial charge in [-0.25, -0.2) is 4.99 Å². The minimum atomic E-state index is 0.241. The molecule has 0 spiro atoms. The Labute approximate surface area is 116 Å². The Hall–Kier alpha value is -2.74. The zero-order valence-electron chi connectivity index (χ0n) is 11.1. The van der Waals surface area contributed by atoms with Gasteiger partial charge in [0.05, 0.1) is 0 Å². The van der Waals surface area contributed by atoms with Gasteiger partial charge in [-0.05, 0) is 37.6 Å². The summed E-state index contributed by atoms with van der Waals surface area (Å²) in [5.74, 6) is 2.46. The molecule has 100 valence electrons. The fourth-order valence-corrected chi connectivity index (χ4v) is 1.96. The Morgan fingerprint density at radius 1 is 1.25 bits per heavy atom. The predicted octanol–water partition coefficient (Wildman–Crippen LogP) is 3.25. The second-order valence-electron chi connectivity index (χ2n) is 4.45. The highest BCUT2D eigenvalue weighted by Crippen LogP contribution is 2.32. The first-order chi connectivity index (χ1) is 9.69. The molecule has 0 N–H and O–H groups in total. The van der Waals surface area contributed by atoms with E-state index in [-0.39, 0.29) is 6.79 Å². The molecule has 3 rings (SSSR count). The van der Waals surface area contributed by atoms with E-state index in [1.807, 2.05) is 32.0 Å². The summed E-state index contributed by atoms with van der Waals surface area (Å²) >= 11 is 0. The van der Waals surface area contributed by atoms with Crippen molar-refractivity contribution in [3.8, 4) is 17.6 Å². The highest BCUT2D eigenvalue weighted by Gasteiger charge is 2.14. The first-order valence-corrected chi connectivity index (χ1v) is 6.13. The summed E-state index contributed by atoms with van der Waals surface area (Å²) in [4.78, 5) is 4.24. The lowest BCUT2D eigenvalue weighted by atomic mass is 10.2.